The molecule has 0 amide bonds. The number of rotatable bonds is 1. The standard InChI is InChI=1S/C7H9N3O/c1-10-4-2-6(3-5-10)7(8)9-11/h2-5H,8H2,1H3/p+1. The van der Waals surface area contributed by atoms with Gasteiger partial charge in [0, 0.05) is 17.7 Å². The highest BCUT2D eigenvalue weighted by molar-refractivity contribution is 5.96. The van der Waals surface area contributed by atoms with Crippen molar-refractivity contribution < 1.29 is 9.77 Å². The number of nitrogens with two attached hydrogens (primary N) is 1. The van der Waals surface area contributed by atoms with Gasteiger partial charge in [-0.05, 0) is 0 Å². The van der Waals surface area contributed by atoms with Crippen LogP contribution in [0.5, 0.6) is 0 Å². The minimum atomic E-state index is 0.130. The Bertz CT molecular complexity index is 266. The Morgan fingerprint density at radius 2 is 2.09 bits per heavy atom. The molecule has 0 aliphatic carbocycles. The Labute approximate surface area is 64.6 Å². The highest BCUT2D eigenvalue weighted by Crippen LogP contribution is 1.92. The molecule has 1 aromatic heterocycles. The summed E-state index contributed by atoms with van der Waals surface area (Å²) in [6, 6.07) is 3.55. The molecule has 1 aromatic rings. The van der Waals surface area contributed by atoms with E-state index in [1.807, 2.05) is 24.0 Å². The Balaban J connectivity index is 2.99. The first-order valence-electron chi connectivity index (χ1n) is 3.17. The molecule has 4 nitrogen and oxygen atoms in total. The van der Waals surface area contributed by atoms with Gasteiger partial charge in [-0.2, -0.15) is 0 Å². The predicted octanol–water partition coefficient (Wildman–Crippen LogP) is -0.394. The van der Waals surface area contributed by atoms with Crippen LogP contribution < -0.4 is 10.3 Å². The Morgan fingerprint density at radius 3 is 2.55 bits per heavy atom. The minimum Gasteiger partial charge on any atom is -0.409 e. The van der Waals surface area contributed by atoms with E-state index in [1.165, 1.54) is 0 Å². The molecule has 4 heteroatoms. The van der Waals surface area contributed by atoms with Crippen molar-refractivity contribution in [3.05, 3.63) is 30.1 Å². The lowest BCUT2D eigenvalue weighted by Crippen LogP contribution is -2.27. The molecule has 1 heterocycles. The first-order valence-corrected chi connectivity index (χ1v) is 3.17. The van der Waals surface area contributed by atoms with Gasteiger partial charge in [0.15, 0.2) is 18.2 Å². The molecular weight excluding hydrogens is 142 g/mol. The maximum absolute atomic E-state index is 8.31. The first kappa shape index (κ1) is 7.53. The zero-order chi connectivity index (χ0) is 8.27. The molecule has 0 aromatic carbocycles. The van der Waals surface area contributed by atoms with E-state index in [2.05, 4.69) is 5.16 Å². The van der Waals surface area contributed by atoms with Crippen LogP contribution in [0, 0.1) is 0 Å². The summed E-state index contributed by atoms with van der Waals surface area (Å²) in [7, 11) is 1.90. The van der Waals surface area contributed by atoms with Crippen LogP contribution >= 0.6 is 0 Å². The molecule has 0 saturated carbocycles. The van der Waals surface area contributed by atoms with Gasteiger partial charge >= 0.3 is 0 Å². The number of hydrogen-bond acceptors (Lipinski definition) is 2. The molecule has 0 atom stereocenters. The van der Waals surface area contributed by atoms with Crippen LogP contribution in [0.1, 0.15) is 5.56 Å². The fourth-order valence-electron chi connectivity index (χ4n) is 0.729. The van der Waals surface area contributed by atoms with Crippen LogP contribution in [-0.2, 0) is 7.05 Å². The van der Waals surface area contributed by atoms with Crippen LogP contribution in [0.15, 0.2) is 29.7 Å². The Morgan fingerprint density at radius 1 is 1.55 bits per heavy atom. The second-order valence-corrected chi connectivity index (χ2v) is 2.24. The zero-order valence-corrected chi connectivity index (χ0v) is 6.23. The summed E-state index contributed by atoms with van der Waals surface area (Å²) in [5.41, 5.74) is 6.05. The van der Waals surface area contributed by atoms with E-state index in [9.17, 15) is 0 Å². The molecule has 0 radical (unpaired) electrons. The van der Waals surface area contributed by atoms with Crippen LogP contribution in [0.4, 0.5) is 0 Å². The summed E-state index contributed by atoms with van der Waals surface area (Å²) in [6.07, 6.45) is 3.65. The van der Waals surface area contributed by atoms with E-state index < -0.39 is 0 Å². The molecule has 1 rings (SSSR count). The summed E-state index contributed by atoms with van der Waals surface area (Å²) < 4.78 is 1.87. The fourth-order valence-corrected chi connectivity index (χ4v) is 0.729. The zero-order valence-electron chi connectivity index (χ0n) is 6.23. The molecule has 0 unspecified atom stereocenters. The smallest absolute Gasteiger partial charge is 0.170 e. The highest BCUT2D eigenvalue weighted by Gasteiger charge is 1.99. The summed E-state index contributed by atoms with van der Waals surface area (Å²) in [6.45, 7) is 0. The number of amidine groups is 1. The van der Waals surface area contributed by atoms with E-state index in [0.29, 0.717) is 5.56 Å². The molecule has 0 aliphatic heterocycles. The van der Waals surface area contributed by atoms with E-state index in [4.69, 9.17) is 10.9 Å². The van der Waals surface area contributed by atoms with Crippen molar-refractivity contribution in [3.63, 3.8) is 0 Å². The lowest BCUT2D eigenvalue weighted by Gasteiger charge is -1.94. The molecule has 0 bridgehead atoms. The van der Waals surface area contributed by atoms with Crippen molar-refractivity contribution in [2.75, 3.05) is 0 Å². The number of oxime groups is 1. The monoisotopic (exact) mass is 152 g/mol. The Hall–Kier alpha value is -1.58. The molecule has 0 saturated heterocycles. The maximum atomic E-state index is 8.31. The van der Waals surface area contributed by atoms with E-state index >= 15 is 0 Å². The van der Waals surface area contributed by atoms with Gasteiger partial charge in [0.25, 0.3) is 0 Å². The van der Waals surface area contributed by atoms with Crippen molar-refractivity contribution in [2.45, 2.75) is 0 Å². The summed E-state index contributed by atoms with van der Waals surface area (Å²) in [5, 5.41) is 11.2. The van der Waals surface area contributed by atoms with Crippen molar-refractivity contribution in [1.82, 2.24) is 0 Å². The average Bonchev–Trinajstić information content (AvgIpc) is 2.05. The second kappa shape index (κ2) is 3.01. The summed E-state index contributed by atoms with van der Waals surface area (Å²) in [4.78, 5) is 0. The number of pyridine rings is 1. The molecule has 58 valence electrons. The van der Waals surface area contributed by atoms with Gasteiger partial charge in [-0.25, -0.2) is 4.57 Å². The van der Waals surface area contributed by atoms with Crippen LogP contribution in [0.25, 0.3) is 0 Å². The first-order chi connectivity index (χ1) is 5.24. The van der Waals surface area contributed by atoms with Crippen molar-refractivity contribution in [2.24, 2.45) is 17.9 Å². The van der Waals surface area contributed by atoms with Gasteiger partial charge < -0.3 is 10.9 Å². The number of hydrogen-bond donors (Lipinski definition) is 2. The molecule has 0 aliphatic rings. The lowest BCUT2D eigenvalue weighted by molar-refractivity contribution is -0.671. The highest BCUT2D eigenvalue weighted by atomic mass is 16.4. The van der Waals surface area contributed by atoms with Gasteiger partial charge in [0.2, 0.25) is 0 Å². The van der Waals surface area contributed by atoms with E-state index in [1.54, 1.807) is 12.1 Å². The number of aryl methyl sites for hydroxylation is 1. The lowest BCUT2D eigenvalue weighted by atomic mass is 10.2. The normalized spacial score (nSPS) is 11.5. The second-order valence-electron chi connectivity index (χ2n) is 2.24. The summed E-state index contributed by atoms with van der Waals surface area (Å²) in [5.74, 6) is 0.130. The van der Waals surface area contributed by atoms with Crippen LogP contribution in [0.3, 0.4) is 0 Å². The Kier molecular flexibility index (Phi) is 2.06. The minimum absolute atomic E-state index is 0.130. The molecular formula is C7H10N3O+. The van der Waals surface area contributed by atoms with Gasteiger partial charge in [0.05, 0.1) is 0 Å². The molecule has 0 spiro atoms. The third-order valence-electron chi connectivity index (χ3n) is 1.38. The van der Waals surface area contributed by atoms with Gasteiger partial charge in [-0.3, -0.25) is 0 Å². The van der Waals surface area contributed by atoms with Crippen molar-refractivity contribution >= 4 is 5.84 Å². The number of nitrogens with zero attached hydrogens (tertiary/aromatic N) is 2. The molecule has 0 fully saturated rings. The quantitative estimate of drug-likeness (QED) is 0.189. The number of aromatic nitrogens is 1. The van der Waals surface area contributed by atoms with Gasteiger partial charge in [0.1, 0.15) is 7.05 Å². The van der Waals surface area contributed by atoms with Crippen LogP contribution in [-0.4, -0.2) is 11.0 Å². The fraction of sp³-hybridized carbons (Fsp3) is 0.143. The maximum Gasteiger partial charge on any atom is 0.170 e. The van der Waals surface area contributed by atoms with Gasteiger partial charge in [-0.15, -0.1) is 0 Å². The van der Waals surface area contributed by atoms with Crippen LogP contribution in [0.2, 0.25) is 0 Å². The van der Waals surface area contributed by atoms with Crippen molar-refractivity contribution in [3.8, 4) is 0 Å². The largest absolute Gasteiger partial charge is 0.409 e. The average molecular weight is 152 g/mol. The predicted molar refractivity (Wildman–Crippen MR) is 40.1 cm³/mol. The van der Waals surface area contributed by atoms with Crippen molar-refractivity contribution in [1.29, 1.82) is 0 Å². The third-order valence-corrected chi connectivity index (χ3v) is 1.38. The SMILES string of the molecule is C[n+]1ccc(/C(N)=N\O)cc1. The molecule has 3 N–H and O–H groups in total. The third kappa shape index (κ3) is 1.67. The van der Waals surface area contributed by atoms with Gasteiger partial charge in [-0.1, -0.05) is 5.16 Å². The van der Waals surface area contributed by atoms with E-state index in [-0.39, 0.29) is 5.84 Å². The molecule has 11 heavy (non-hydrogen) atoms. The topological polar surface area (TPSA) is 62.5 Å². The summed E-state index contributed by atoms with van der Waals surface area (Å²) >= 11 is 0. The van der Waals surface area contributed by atoms with E-state index in [0.717, 1.165) is 0 Å².